The number of ether oxygens (including phenoxy) is 2. The van der Waals surface area contributed by atoms with Crippen LogP contribution in [0.15, 0.2) is 71.3 Å². The predicted molar refractivity (Wildman–Crippen MR) is 98.4 cm³/mol. The van der Waals surface area contributed by atoms with Crippen molar-refractivity contribution in [1.82, 2.24) is 5.32 Å². The van der Waals surface area contributed by atoms with Crippen LogP contribution in [-0.2, 0) is 6.61 Å². The maximum absolute atomic E-state index is 12.5. The van der Waals surface area contributed by atoms with E-state index in [9.17, 15) is 13.6 Å². The fourth-order valence-corrected chi connectivity index (χ4v) is 2.61. The highest BCUT2D eigenvalue weighted by molar-refractivity contribution is 5.93. The molecule has 0 bridgehead atoms. The Labute approximate surface area is 160 Å². The molecule has 0 aliphatic heterocycles. The molecule has 0 fully saturated rings. The van der Waals surface area contributed by atoms with Gasteiger partial charge in [0, 0.05) is 5.56 Å². The fourth-order valence-electron chi connectivity index (χ4n) is 2.61. The second-order valence-corrected chi connectivity index (χ2v) is 6.02. The van der Waals surface area contributed by atoms with E-state index in [-0.39, 0.29) is 24.2 Å². The van der Waals surface area contributed by atoms with Crippen LogP contribution in [0.4, 0.5) is 8.78 Å². The average molecular weight is 387 g/mol. The van der Waals surface area contributed by atoms with Gasteiger partial charge < -0.3 is 19.2 Å². The molecule has 3 aromatic rings. The van der Waals surface area contributed by atoms with Crippen molar-refractivity contribution in [1.29, 1.82) is 0 Å². The van der Waals surface area contributed by atoms with Gasteiger partial charge in [-0.1, -0.05) is 30.3 Å². The van der Waals surface area contributed by atoms with E-state index in [1.54, 1.807) is 25.1 Å². The lowest BCUT2D eigenvalue weighted by Gasteiger charge is -2.15. The molecule has 0 radical (unpaired) electrons. The second-order valence-electron chi connectivity index (χ2n) is 6.02. The molecule has 7 heteroatoms. The molecule has 3 rings (SSSR count). The maximum Gasteiger partial charge on any atom is 0.387 e. The van der Waals surface area contributed by atoms with E-state index in [0.717, 1.165) is 5.56 Å². The van der Waals surface area contributed by atoms with Gasteiger partial charge in [-0.25, -0.2) is 0 Å². The van der Waals surface area contributed by atoms with E-state index in [1.165, 1.54) is 18.4 Å². The number of alkyl halides is 2. The van der Waals surface area contributed by atoms with Crippen molar-refractivity contribution in [2.75, 3.05) is 0 Å². The minimum Gasteiger partial charge on any atom is -0.489 e. The molecule has 2 aromatic carbocycles. The van der Waals surface area contributed by atoms with Crippen molar-refractivity contribution >= 4 is 5.91 Å². The summed E-state index contributed by atoms with van der Waals surface area (Å²) in [5.74, 6) is 0.524. The van der Waals surface area contributed by atoms with E-state index >= 15 is 0 Å². The second kappa shape index (κ2) is 9.03. The van der Waals surface area contributed by atoms with Crippen LogP contribution in [0.1, 0.15) is 34.6 Å². The maximum atomic E-state index is 12.5. The molecule has 0 aliphatic rings. The first-order valence-corrected chi connectivity index (χ1v) is 8.63. The fraction of sp³-hybridized carbons (Fsp3) is 0.190. The Hall–Kier alpha value is -3.35. The summed E-state index contributed by atoms with van der Waals surface area (Å²) in [7, 11) is 0. The summed E-state index contributed by atoms with van der Waals surface area (Å²) in [6, 6.07) is 16.7. The Morgan fingerprint density at radius 1 is 1.04 bits per heavy atom. The lowest BCUT2D eigenvalue weighted by molar-refractivity contribution is -0.0498. The molecule has 0 aliphatic carbocycles. The Bertz CT molecular complexity index is 894. The highest BCUT2D eigenvalue weighted by Gasteiger charge is 2.19. The van der Waals surface area contributed by atoms with Crippen molar-refractivity contribution in [2.45, 2.75) is 26.2 Å². The predicted octanol–water partition coefficient (Wildman–Crippen LogP) is 4.95. The SMILES string of the molecule is C[C@H](NC(=O)c1occc1COc1ccccc1)c1ccc(OC(F)F)cc1. The average Bonchev–Trinajstić information content (AvgIpc) is 3.16. The lowest BCUT2D eigenvalue weighted by atomic mass is 10.1. The van der Waals surface area contributed by atoms with Gasteiger partial charge in [-0.15, -0.1) is 0 Å². The normalized spacial score (nSPS) is 11.9. The molecule has 1 amide bonds. The van der Waals surface area contributed by atoms with Crippen LogP contribution in [0.25, 0.3) is 0 Å². The van der Waals surface area contributed by atoms with Crippen LogP contribution in [0.3, 0.4) is 0 Å². The number of furan rings is 1. The van der Waals surface area contributed by atoms with Gasteiger partial charge in [0.05, 0.1) is 12.3 Å². The first-order valence-electron chi connectivity index (χ1n) is 8.63. The Balaban J connectivity index is 1.61. The zero-order valence-electron chi connectivity index (χ0n) is 15.1. The number of carbonyl (C=O) groups excluding carboxylic acids is 1. The molecule has 0 spiro atoms. The van der Waals surface area contributed by atoms with Crippen molar-refractivity contribution in [3.05, 3.63) is 83.8 Å². The molecule has 1 heterocycles. The van der Waals surface area contributed by atoms with Gasteiger partial charge in [0.25, 0.3) is 5.91 Å². The highest BCUT2D eigenvalue weighted by Crippen LogP contribution is 2.21. The van der Waals surface area contributed by atoms with Crippen molar-refractivity contribution in [3.8, 4) is 11.5 Å². The number of rotatable bonds is 8. The summed E-state index contributed by atoms with van der Waals surface area (Å²) in [5.41, 5.74) is 1.36. The molecule has 0 unspecified atom stereocenters. The zero-order valence-corrected chi connectivity index (χ0v) is 15.1. The third-order valence-corrected chi connectivity index (χ3v) is 4.04. The van der Waals surface area contributed by atoms with E-state index in [0.29, 0.717) is 11.3 Å². The Morgan fingerprint density at radius 2 is 1.75 bits per heavy atom. The number of carbonyl (C=O) groups is 1. The monoisotopic (exact) mass is 387 g/mol. The van der Waals surface area contributed by atoms with Crippen molar-refractivity contribution in [3.63, 3.8) is 0 Å². The van der Waals surface area contributed by atoms with E-state index in [4.69, 9.17) is 9.15 Å². The zero-order chi connectivity index (χ0) is 19.9. The van der Waals surface area contributed by atoms with Crippen LogP contribution in [-0.4, -0.2) is 12.5 Å². The summed E-state index contributed by atoms with van der Waals surface area (Å²) in [6.45, 7) is -0.903. The summed E-state index contributed by atoms with van der Waals surface area (Å²) in [6.07, 6.45) is 1.43. The standard InChI is InChI=1S/C21H19F2NO4/c1-14(15-7-9-18(10-8-15)28-21(22)23)24-20(25)19-16(11-12-26-19)13-27-17-5-3-2-4-6-17/h2-12,14,21H,13H2,1H3,(H,24,25)/t14-/m0/s1. The highest BCUT2D eigenvalue weighted by atomic mass is 19.3. The van der Waals surface area contributed by atoms with Crippen LogP contribution in [0, 0.1) is 0 Å². The third-order valence-electron chi connectivity index (χ3n) is 4.04. The quantitative estimate of drug-likeness (QED) is 0.594. The summed E-state index contributed by atoms with van der Waals surface area (Å²) in [4.78, 5) is 12.5. The number of amides is 1. The van der Waals surface area contributed by atoms with Gasteiger partial charge in [-0.2, -0.15) is 8.78 Å². The van der Waals surface area contributed by atoms with Crippen molar-refractivity contribution < 1.29 is 27.5 Å². The molecule has 1 N–H and O–H groups in total. The molecular weight excluding hydrogens is 368 g/mol. The first-order chi connectivity index (χ1) is 13.5. The van der Waals surface area contributed by atoms with Crippen LogP contribution in [0.5, 0.6) is 11.5 Å². The summed E-state index contributed by atoms with van der Waals surface area (Å²) < 4.78 is 39.7. The number of hydrogen-bond acceptors (Lipinski definition) is 4. The molecule has 1 atom stereocenters. The van der Waals surface area contributed by atoms with Gasteiger partial charge in [-0.05, 0) is 42.8 Å². The molecule has 5 nitrogen and oxygen atoms in total. The minimum absolute atomic E-state index is 0.0589. The van der Waals surface area contributed by atoms with Gasteiger partial charge in [0.1, 0.15) is 18.1 Å². The molecule has 1 aromatic heterocycles. The number of nitrogens with one attached hydrogen (secondary N) is 1. The van der Waals surface area contributed by atoms with E-state index < -0.39 is 12.5 Å². The Kier molecular flexibility index (Phi) is 6.26. The third kappa shape index (κ3) is 5.09. The molecular formula is C21H19F2NO4. The van der Waals surface area contributed by atoms with E-state index in [2.05, 4.69) is 10.1 Å². The number of hydrogen-bond donors (Lipinski definition) is 1. The van der Waals surface area contributed by atoms with Crippen LogP contribution >= 0.6 is 0 Å². The smallest absolute Gasteiger partial charge is 0.387 e. The largest absolute Gasteiger partial charge is 0.489 e. The first kappa shape index (κ1) is 19.4. The van der Waals surface area contributed by atoms with Gasteiger partial charge >= 0.3 is 6.61 Å². The van der Waals surface area contributed by atoms with Crippen LogP contribution in [0.2, 0.25) is 0 Å². The lowest BCUT2D eigenvalue weighted by Crippen LogP contribution is -2.27. The van der Waals surface area contributed by atoms with Gasteiger partial charge in [0.15, 0.2) is 5.76 Å². The Morgan fingerprint density at radius 3 is 2.43 bits per heavy atom. The molecule has 0 saturated heterocycles. The summed E-state index contributed by atoms with van der Waals surface area (Å²) in [5, 5.41) is 2.82. The van der Waals surface area contributed by atoms with E-state index in [1.807, 2.05) is 30.3 Å². The topological polar surface area (TPSA) is 60.7 Å². The van der Waals surface area contributed by atoms with Gasteiger partial charge in [0.2, 0.25) is 0 Å². The van der Waals surface area contributed by atoms with Crippen molar-refractivity contribution in [2.24, 2.45) is 0 Å². The van der Waals surface area contributed by atoms with Crippen LogP contribution < -0.4 is 14.8 Å². The number of halogens is 2. The number of benzene rings is 2. The number of para-hydroxylation sites is 1. The molecule has 146 valence electrons. The minimum atomic E-state index is -2.88. The molecule has 0 saturated carbocycles. The summed E-state index contributed by atoms with van der Waals surface area (Å²) >= 11 is 0. The van der Waals surface area contributed by atoms with Gasteiger partial charge in [-0.3, -0.25) is 4.79 Å². The molecule has 28 heavy (non-hydrogen) atoms.